The molecule has 1 atom stereocenters. The summed E-state index contributed by atoms with van der Waals surface area (Å²) in [7, 11) is 1.19. The van der Waals surface area contributed by atoms with Crippen LogP contribution in [0.3, 0.4) is 0 Å². The number of pyridine rings is 1. The molecule has 1 saturated heterocycles. The maximum absolute atomic E-state index is 13.8. The van der Waals surface area contributed by atoms with Crippen LogP contribution in [0.25, 0.3) is 16.5 Å². The second-order valence-corrected chi connectivity index (χ2v) is 17.6. The third kappa shape index (κ3) is 6.43. The molecule has 3 heterocycles. The Hall–Kier alpha value is -3.56. The summed E-state index contributed by atoms with van der Waals surface area (Å²) < 4.78 is 20.7. The van der Waals surface area contributed by atoms with Gasteiger partial charge in [0.1, 0.15) is 18.7 Å². The Morgan fingerprint density at radius 1 is 1.00 bits per heavy atom. The monoisotopic (exact) mass is 727 g/mol. The Labute approximate surface area is 291 Å². The minimum atomic E-state index is -2.72. The molecule has 2 aliphatic carbocycles. The number of likely N-dealkylation sites (N-methyl/N-ethyl adjacent to an activating group) is 1. The zero-order valence-corrected chi connectivity index (χ0v) is 30.7. The van der Waals surface area contributed by atoms with Gasteiger partial charge in [-0.05, 0) is 91.5 Å². The van der Waals surface area contributed by atoms with E-state index < -0.39 is 12.8 Å². The van der Waals surface area contributed by atoms with E-state index in [-0.39, 0.29) is 0 Å². The number of nitrogens with one attached hydrogen (secondary N) is 2. The van der Waals surface area contributed by atoms with E-state index in [1.165, 1.54) is 24.0 Å². The zero-order valence-electron chi connectivity index (χ0n) is 28.3. The first kappa shape index (κ1) is 33.0. The number of allylic oxidation sites excluding steroid dienone is 2. The largest absolute Gasteiger partial charge is 0.497 e. The number of piperazine rings is 1. The van der Waals surface area contributed by atoms with E-state index in [9.17, 15) is 4.57 Å². The van der Waals surface area contributed by atoms with Crippen LogP contribution in [0.4, 0.5) is 17.5 Å². The third-order valence-electron chi connectivity index (χ3n) is 9.73. The van der Waals surface area contributed by atoms with Gasteiger partial charge in [-0.2, -0.15) is 4.98 Å². The van der Waals surface area contributed by atoms with Crippen LogP contribution in [-0.2, 0) is 9.30 Å². The second kappa shape index (κ2) is 13.0. The number of aromatic nitrogens is 3. The molecule has 0 spiro atoms. The van der Waals surface area contributed by atoms with E-state index in [0.29, 0.717) is 28.6 Å². The first-order valence-electron chi connectivity index (χ1n) is 16.6. The average Bonchev–Trinajstić information content (AvgIpc) is 3.92. The fraction of sp³-hybridized carbons (Fsp3) is 0.378. The lowest BCUT2D eigenvalue weighted by molar-refractivity contribution is 0.0416. The van der Waals surface area contributed by atoms with Crippen LogP contribution in [0.2, 0.25) is 0 Å². The van der Waals surface area contributed by atoms with Crippen LogP contribution in [0, 0.1) is 0 Å². The Kier molecular flexibility index (Phi) is 8.96. The molecule has 0 amide bonds. The van der Waals surface area contributed by atoms with Crippen LogP contribution >= 0.6 is 23.1 Å². The van der Waals surface area contributed by atoms with Crippen molar-refractivity contribution in [2.24, 2.45) is 0 Å². The fourth-order valence-corrected chi connectivity index (χ4v) is 8.84. The molecule has 9 nitrogen and oxygen atoms in total. The lowest BCUT2D eigenvalue weighted by Gasteiger charge is -2.49. The molecular weight excluding hydrogens is 685 g/mol. The van der Waals surface area contributed by atoms with Gasteiger partial charge in [-0.1, -0.05) is 42.0 Å². The van der Waals surface area contributed by atoms with E-state index in [1.54, 1.807) is 13.3 Å². The normalized spacial score (nSPS) is 20.9. The summed E-state index contributed by atoms with van der Waals surface area (Å²) in [5.41, 5.74) is 5.64. The van der Waals surface area contributed by atoms with Gasteiger partial charge in [0.25, 0.3) is 0 Å². The van der Waals surface area contributed by atoms with Crippen molar-refractivity contribution < 1.29 is 9.30 Å². The highest BCUT2D eigenvalue weighted by Crippen LogP contribution is 2.45. The van der Waals surface area contributed by atoms with Gasteiger partial charge in [-0.25, -0.2) is 4.98 Å². The lowest BCUT2D eigenvalue weighted by Crippen LogP contribution is -2.62. The van der Waals surface area contributed by atoms with Crippen molar-refractivity contribution in [2.75, 3.05) is 64.3 Å². The maximum Gasteiger partial charge on any atom is 0.226 e. The highest BCUT2D eigenvalue weighted by atomic mass is 79.9. The molecule has 3 aliphatic rings. The fourth-order valence-electron chi connectivity index (χ4n) is 7.07. The number of benzene rings is 2. The number of hydrogen-bond donors (Lipinski definition) is 2. The van der Waals surface area contributed by atoms with Gasteiger partial charge in [0.05, 0.1) is 22.8 Å². The van der Waals surface area contributed by atoms with Crippen molar-refractivity contribution in [3.8, 4) is 0 Å². The quantitative estimate of drug-likeness (QED) is 0.171. The first-order chi connectivity index (χ1) is 23.1. The highest BCUT2D eigenvalue weighted by Gasteiger charge is 2.46. The molecule has 2 N–H and O–H groups in total. The molecule has 2 aromatic carbocycles. The topological polar surface area (TPSA) is 95.5 Å². The van der Waals surface area contributed by atoms with Gasteiger partial charge in [0, 0.05) is 61.1 Å². The lowest BCUT2D eigenvalue weighted by atomic mass is 9.84. The molecule has 1 aliphatic heterocycles. The first-order valence-corrected chi connectivity index (χ1v) is 20.0. The Morgan fingerprint density at radius 3 is 2.44 bits per heavy atom. The van der Waals surface area contributed by atoms with E-state index in [2.05, 4.69) is 92.8 Å². The van der Waals surface area contributed by atoms with Crippen molar-refractivity contribution in [2.45, 2.75) is 37.8 Å². The summed E-state index contributed by atoms with van der Waals surface area (Å²) in [6, 6.07) is 18.6. The minimum absolute atomic E-state index is 0.466. The number of halogens is 1. The molecule has 1 saturated carbocycles. The Bertz CT molecular complexity index is 1970. The molecule has 0 bridgehead atoms. The van der Waals surface area contributed by atoms with Gasteiger partial charge in [-0.3, -0.25) is 9.88 Å². The van der Waals surface area contributed by atoms with Crippen molar-refractivity contribution in [1.29, 1.82) is 0 Å². The van der Waals surface area contributed by atoms with Gasteiger partial charge in [0.15, 0.2) is 5.66 Å². The Balaban J connectivity index is 1.26. The molecule has 4 aromatic rings. The summed E-state index contributed by atoms with van der Waals surface area (Å²) in [4.78, 5) is 19.5. The summed E-state index contributed by atoms with van der Waals surface area (Å²) in [6.07, 6.45) is 6.99. The number of rotatable bonds is 9. The smallest absolute Gasteiger partial charge is 0.226 e. The van der Waals surface area contributed by atoms with Crippen molar-refractivity contribution in [3.05, 3.63) is 93.9 Å². The van der Waals surface area contributed by atoms with Crippen LogP contribution in [0.15, 0.2) is 82.7 Å². The molecule has 11 heteroatoms. The zero-order chi connectivity index (χ0) is 33.6. The SMILES string of the molecule is COC1=CC(c2ccccc2)=C(C)CC1(Nc1ncc(Br)c(Nc2ccc3nc(C4CC4)ccc3c2P(C)(C)=O)n1)N1CCN(C)CC1. The third-order valence-corrected chi connectivity index (χ3v) is 11.9. The highest BCUT2D eigenvalue weighted by molar-refractivity contribution is 9.10. The predicted molar refractivity (Wildman–Crippen MR) is 200 cm³/mol. The number of methoxy groups -OCH3 is 1. The number of nitrogens with zero attached hydrogens (tertiary/aromatic N) is 5. The number of anilines is 3. The van der Waals surface area contributed by atoms with Crippen molar-refractivity contribution in [3.63, 3.8) is 0 Å². The van der Waals surface area contributed by atoms with Gasteiger partial charge < -0.3 is 24.8 Å². The van der Waals surface area contributed by atoms with E-state index >= 15 is 0 Å². The molecule has 250 valence electrons. The average molecular weight is 729 g/mol. The molecule has 2 fully saturated rings. The van der Waals surface area contributed by atoms with Gasteiger partial charge in [-0.15, -0.1) is 0 Å². The summed E-state index contributed by atoms with van der Waals surface area (Å²) >= 11 is 3.68. The summed E-state index contributed by atoms with van der Waals surface area (Å²) in [5.74, 6) is 2.41. The standard InChI is InChI=1S/C37H43BrN7O2P/c1-24-22-37(45-19-17-44(2)18-20-45,33(47-3)21-28(24)25-9-7-6-8-10-25)43-36-39-23-29(38)35(42-36)41-32-16-15-31-27(34(32)48(4,5)46)13-14-30(40-31)26-11-12-26/h6-10,13-16,21,23,26H,11-12,17-20,22H2,1-5H3,(H2,39,41,42,43). The molecular formula is C37H43BrN7O2P. The number of fused-ring (bicyclic) bond motifs is 1. The molecule has 2 aromatic heterocycles. The molecule has 1 unspecified atom stereocenters. The van der Waals surface area contributed by atoms with Gasteiger partial charge in [0.2, 0.25) is 5.95 Å². The number of hydrogen-bond acceptors (Lipinski definition) is 9. The van der Waals surface area contributed by atoms with E-state index in [1.807, 2.05) is 31.5 Å². The van der Waals surface area contributed by atoms with Gasteiger partial charge >= 0.3 is 0 Å². The summed E-state index contributed by atoms with van der Waals surface area (Å²) in [5, 5.41) is 8.96. The molecule has 7 rings (SSSR count). The van der Waals surface area contributed by atoms with Crippen LogP contribution in [-0.4, -0.2) is 84.1 Å². The van der Waals surface area contributed by atoms with E-state index in [0.717, 1.165) is 65.1 Å². The van der Waals surface area contributed by atoms with Crippen LogP contribution in [0.1, 0.15) is 43.4 Å². The molecule has 48 heavy (non-hydrogen) atoms. The Morgan fingerprint density at radius 2 is 1.75 bits per heavy atom. The van der Waals surface area contributed by atoms with Crippen LogP contribution in [0.5, 0.6) is 0 Å². The van der Waals surface area contributed by atoms with Crippen molar-refractivity contribution >= 4 is 62.3 Å². The maximum atomic E-state index is 13.8. The van der Waals surface area contributed by atoms with Crippen LogP contribution < -0.4 is 15.9 Å². The number of ether oxygens (including phenoxy) is 1. The van der Waals surface area contributed by atoms with E-state index in [4.69, 9.17) is 19.7 Å². The second-order valence-electron chi connectivity index (χ2n) is 13.6. The molecule has 0 radical (unpaired) electrons. The van der Waals surface area contributed by atoms with Crippen molar-refractivity contribution in [1.82, 2.24) is 24.8 Å². The summed E-state index contributed by atoms with van der Waals surface area (Å²) in [6.45, 7) is 9.43. The predicted octanol–water partition coefficient (Wildman–Crippen LogP) is 7.42. The minimum Gasteiger partial charge on any atom is -0.497 e.